The van der Waals surface area contributed by atoms with E-state index in [0.29, 0.717) is 6.61 Å². The molecule has 1 fully saturated rings. The van der Waals surface area contributed by atoms with Crippen molar-refractivity contribution in [1.29, 1.82) is 0 Å². The highest BCUT2D eigenvalue weighted by Crippen LogP contribution is 2.27. The summed E-state index contributed by atoms with van der Waals surface area (Å²) < 4.78 is 11.1. The number of aryl methyl sites for hydroxylation is 1. The van der Waals surface area contributed by atoms with Gasteiger partial charge in [-0.25, -0.2) is 0 Å². The zero-order valence-electron chi connectivity index (χ0n) is 17.0. The molecule has 26 heavy (non-hydrogen) atoms. The number of epoxide rings is 1. The van der Waals surface area contributed by atoms with Gasteiger partial charge in [0.15, 0.2) is 0 Å². The Morgan fingerprint density at radius 1 is 0.923 bits per heavy atom. The van der Waals surface area contributed by atoms with Gasteiger partial charge in [0.1, 0.15) is 18.0 Å². The molecule has 1 atom stereocenters. The smallest absolute Gasteiger partial charge is 0.123 e. The summed E-state index contributed by atoms with van der Waals surface area (Å²) in [4.78, 5) is 0. The molecule has 0 aliphatic carbocycles. The average molecular weight is 359 g/mol. The highest BCUT2D eigenvalue weighted by molar-refractivity contribution is 5.27. The molecule has 0 N–H and O–H groups in total. The molecule has 0 spiro atoms. The predicted octanol–water partition coefficient (Wildman–Crippen LogP) is 6.87. The summed E-state index contributed by atoms with van der Waals surface area (Å²) in [5.41, 5.74) is 1.39. The second-order valence-electron chi connectivity index (χ2n) is 7.92. The van der Waals surface area contributed by atoms with Crippen molar-refractivity contribution in [3.8, 4) is 5.75 Å². The van der Waals surface area contributed by atoms with Crippen LogP contribution in [0, 0.1) is 0 Å². The normalized spacial score (nSPS) is 19.2. The Hall–Kier alpha value is -1.28. The SMILES string of the molecule is CC/C=C/CCCCCCCCCCc1ccc(OCC2(C)CO2)cc1. The molecule has 1 aliphatic heterocycles. The second-order valence-corrected chi connectivity index (χ2v) is 7.92. The molecule has 2 nitrogen and oxygen atoms in total. The van der Waals surface area contributed by atoms with Crippen LogP contribution in [0.3, 0.4) is 0 Å². The van der Waals surface area contributed by atoms with Crippen molar-refractivity contribution in [3.63, 3.8) is 0 Å². The lowest BCUT2D eigenvalue weighted by Gasteiger charge is -2.09. The Balaban J connectivity index is 1.41. The third-order valence-electron chi connectivity index (χ3n) is 5.09. The van der Waals surface area contributed by atoms with Gasteiger partial charge in [-0.2, -0.15) is 0 Å². The van der Waals surface area contributed by atoms with Crippen molar-refractivity contribution >= 4 is 0 Å². The summed E-state index contributed by atoms with van der Waals surface area (Å²) in [7, 11) is 0. The fraction of sp³-hybridized carbons (Fsp3) is 0.667. The van der Waals surface area contributed by atoms with E-state index in [9.17, 15) is 0 Å². The zero-order valence-corrected chi connectivity index (χ0v) is 17.0. The van der Waals surface area contributed by atoms with E-state index in [4.69, 9.17) is 9.47 Å². The van der Waals surface area contributed by atoms with Gasteiger partial charge in [0.05, 0.1) is 6.61 Å². The first-order chi connectivity index (χ1) is 12.7. The Morgan fingerprint density at radius 2 is 1.54 bits per heavy atom. The Kier molecular flexibility index (Phi) is 9.84. The number of allylic oxidation sites excluding steroid dienone is 2. The molecule has 0 radical (unpaired) electrons. The number of hydrogen-bond donors (Lipinski definition) is 0. The van der Waals surface area contributed by atoms with Crippen LogP contribution in [0.2, 0.25) is 0 Å². The van der Waals surface area contributed by atoms with Crippen LogP contribution in [-0.4, -0.2) is 18.8 Å². The first kappa shape index (κ1) is 21.0. The van der Waals surface area contributed by atoms with Crippen molar-refractivity contribution in [2.75, 3.05) is 13.2 Å². The molecule has 1 heterocycles. The Labute approximate surface area is 161 Å². The fourth-order valence-corrected chi connectivity index (χ4v) is 3.13. The van der Waals surface area contributed by atoms with Crippen LogP contribution in [0.1, 0.15) is 83.6 Å². The minimum atomic E-state index is -0.0369. The van der Waals surface area contributed by atoms with Crippen molar-refractivity contribution in [2.24, 2.45) is 0 Å². The Morgan fingerprint density at radius 3 is 2.15 bits per heavy atom. The quantitative estimate of drug-likeness (QED) is 0.194. The van der Waals surface area contributed by atoms with Gasteiger partial charge in [-0.1, -0.05) is 69.7 Å². The van der Waals surface area contributed by atoms with E-state index in [1.807, 2.05) is 0 Å². The lowest BCUT2D eigenvalue weighted by molar-refractivity contribution is 0.202. The van der Waals surface area contributed by atoms with Crippen LogP contribution >= 0.6 is 0 Å². The topological polar surface area (TPSA) is 21.8 Å². The highest BCUT2D eigenvalue weighted by Gasteiger charge is 2.40. The van der Waals surface area contributed by atoms with E-state index in [1.165, 1.54) is 76.2 Å². The van der Waals surface area contributed by atoms with Crippen LogP contribution in [-0.2, 0) is 11.2 Å². The van der Waals surface area contributed by atoms with E-state index >= 15 is 0 Å². The molecular weight excluding hydrogens is 320 g/mol. The van der Waals surface area contributed by atoms with Crippen LogP contribution in [0.5, 0.6) is 5.75 Å². The number of ether oxygens (including phenoxy) is 2. The first-order valence-electron chi connectivity index (χ1n) is 10.7. The number of rotatable bonds is 15. The Bertz CT molecular complexity index is 499. The minimum absolute atomic E-state index is 0.0369. The van der Waals surface area contributed by atoms with Crippen LogP contribution in [0.15, 0.2) is 36.4 Å². The largest absolute Gasteiger partial charge is 0.491 e. The molecule has 0 saturated carbocycles. The molecule has 0 aromatic heterocycles. The third-order valence-corrected chi connectivity index (χ3v) is 5.09. The fourth-order valence-electron chi connectivity index (χ4n) is 3.13. The molecule has 2 heteroatoms. The molecule has 1 unspecified atom stereocenters. The maximum absolute atomic E-state index is 5.78. The van der Waals surface area contributed by atoms with Crippen molar-refractivity contribution in [3.05, 3.63) is 42.0 Å². The molecule has 1 aromatic rings. The van der Waals surface area contributed by atoms with Crippen molar-refractivity contribution in [2.45, 2.75) is 90.1 Å². The van der Waals surface area contributed by atoms with E-state index in [2.05, 4.69) is 50.3 Å². The lowest BCUT2D eigenvalue weighted by atomic mass is 10.0. The molecule has 1 aromatic carbocycles. The third kappa shape index (κ3) is 9.43. The maximum atomic E-state index is 5.78. The predicted molar refractivity (Wildman–Crippen MR) is 111 cm³/mol. The standard InChI is InChI=1S/C24H38O2/c1-3-4-5-6-7-8-9-10-11-12-13-14-15-22-16-18-23(19-17-22)25-20-24(2)21-26-24/h4-5,16-19H,3,6-15,20-21H2,1-2H3/b5-4+. The molecule has 146 valence electrons. The summed E-state index contributed by atoms with van der Waals surface area (Å²) in [5.74, 6) is 0.954. The van der Waals surface area contributed by atoms with Gasteiger partial charge in [0.2, 0.25) is 0 Å². The van der Waals surface area contributed by atoms with Gasteiger partial charge in [0.25, 0.3) is 0 Å². The van der Waals surface area contributed by atoms with Crippen molar-refractivity contribution in [1.82, 2.24) is 0 Å². The zero-order chi connectivity index (χ0) is 18.5. The molecular formula is C24H38O2. The van der Waals surface area contributed by atoms with E-state index in [1.54, 1.807) is 0 Å². The molecule has 0 bridgehead atoms. The first-order valence-corrected chi connectivity index (χ1v) is 10.7. The summed E-state index contributed by atoms with van der Waals surface area (Å²) >= 11 is 0. The molecule has 2 rings (SSSR count). The monoisotopic (exact) mass is 358 g/mol. The average Bonchev–Trinajstić information content (AvgIpc) is 3.40. The maximum Gasteiger partial charge on any atom is 0.123 e. The van der Waals surface area contributed by atoms with Gasteiger partial charge in [0, 0.05) is 0 Å². The van der Waals surface area contributed by atoms with Crippen LogP contribution in [0.25, 0.3) is 0 Å². The molecule has 1 saturated heterocycles. The van der Waals surface area contributed by atoms with Gasteiger partial charge >= 0.3 is 0 Å². The van der Waals surface area contributed by atoms with Gasteiger partial charge in [-0.05, 0) is 56.7 Å². The highest BCUT2D eigenvalue weighted by atomic mass is 16.6. The van der Waals surface area contributed by atoms with E-state index < -0.39 is 0 Å². The molecule has 0 amide bonds. The van der Waals surface area contributed by atoms with Gasteiger partial charge in [-0.15, -0.1) is 0 Å². The van der Waals surface area contributed by atoms with E-state index in [-0.39, 0.29) is 5.60 Å². The van der Waals surface area contributed by atoms with Crippen LogP contribution < -0.4 is 4.74 Å². The van der Waals surface area contributed by atoms with Crippen molar-refractivity contribution < 1.29 is 9.47 Å². The number of hydrogen-bond acceptors (Lipinski definition) is 2. The summed E-state index contributed by atoms with van der Waals surface area (Å²) in [6.07, 6.45) is 19.3. The number of unbranched alkanes of at least 4 members (excludes halogenated alkanes) is 8. The molecule has 1 aliphatic rings. The number of benzene rings is 1. The van der Waals surface area contributed by atoms with Gasteiger partial charge in [-0.3, -0.25) is 0 Å². The van der Waals surface area contributed by atoms with Crippen LogP contribution in [0.4, 0.5) is 0 Å². The summed E-state index contributed by atoms with van der Waals surface area (Å²) in [5, 5.41) is 0. The summed E-state index contributed by atoms with van der Waals surface area (Å²) in [6, 6.07) is 8.60. The lowest BCUT2D eigenvalue weighted by Crippen LogP contribution is -2.16. The van der Waals surface area contributed by atoms with Gasteiger partial charge < -0.3 is 9.47 Å². The second kappa shape index (κ2) is 12.2. The van der Waals surface area contributed by atoms with E-state index in [0.717, 1.165) is 12.4 Å². The summed E-state index contributed by atoms with van der Waals surface area (Å²) in [6.45, 7) is 5.77. The minimum Gasteiger partial charge on any atom is -0.491 e.